The summed E-state index contributed by atoms with van der Waals surface area (Å²) in [4.78, 5) is 14.1. The van der Waals surface area contributed by atoms with Crippen molar-refractivity contribution in [2.24, 2.45) is 0 Å². The third kappa shape index (κ3) is 4.70. The van der Waals surface area contributed by atoms with Crippen LogP contribution in [0.3, 0.4) is 0 Å². The first-order valence-corrected chi connectivity index (χ1v) is 9.80. The Bertz CT molecular complexity index is 971. The lowest BCUT2D eigenvalue weighted by Crippen LogP contribution is -2.28. The lowest BCUT2D eigenvalue weighted by Gasteiger charge is -2.16. The number of rotatable bonds is 8. The molecule has 0 fully saturated rings. The van der Waals surface area contributed by atoms with Crippen molar-refractivity contribution in [2.45, 2.75) is 6.10 Å². The molecule has 1 heterocycles. The third-order valence-electron chi connectivity index (χ3n) is 4.43. The Morgan fingerprint density at radius 1 is 1.00 bits per heavy atom. The molecule has 0 bridgehead atoms. The van der Waals surface area contributed by atoms with Gasteiger partial charge in [0.2, 0.25) is 0 Å². The maximum absolute atomic E-state index is 12.7. The Morgan fingerprint density at radius 2 is 1.72 bits per heavy atom. The molecule has 3 aromatic rings. The fourth-order valence-electron chi connectivity index (χ4n) is 2.91. The van der Waals surface area contributed by atoms with Crippen LogP contribution in [0.5, 0.6) is 17.2 Å². The molecule has 1 unspecified atom stereocenters. The van der Waals surface area contributed by atoms with Gasteiger partial charge in [-0.2, -0.15) is 0 Å². The van der Waals surface area contributed by atoms with E-state index in [-0.39, 0.29) is 12.5 Å². The van der Waals surface area contributed by atoms with Crippen molar-refractivity contribution in [2.75, 3.05) is 27.9 Å². The van der Waals surface area contributed by atoms with Crippen molar-refractivity contribution in [3.8, 4) is 27.7 Å². The summed E-state index contributed by atoms with van der Waals surface area (Å²) in [6.07, 6.45) is -0.955. The molecule has 0 aliphatic heterocycles. The molecule has 29 heavy (non-hydrogen) atoms. The largest absolute Gasteiger partial charge is 0.497 e. The molecule has 0 saturated heterocycles. The Balaban J connectivity index is 1.75. The van der Waals surface area contributed by atoms with Crippen LogP contribution in [0.15, 0.2) is 54.6 Å². The molecule has 0 aliphatic carbocycles. The van der Waals surface area contributed by atoms with Crippen molar-refractivity contribution in [1.82, 2.24) is 5.32 Å². The molecule has 0 spiro atoms. The van der Waals surface area contributed by atoms with E-state index >= 15 is 0 Å². The second-order valence-corrected chi connectivity index (χ2v) is 7.26. The van der Waals surface area contributed by atoms with Gasteiger partial charge in [0.1, 0.15) is 28.2 Å². The summed E-state index contributed by atoms with van der Waals surface area (Å²) >= 11 is 1.34. The zero-order chi connectivity index (χ0) is 20.8. The summed E-state index contributed by atoms with van der Waals surface area (Å²) in [6.45, 7) is 0.0179. The first-order valence-electron chi connectivity index (χ1n) is 8.98. The zero-order valence-electron chi connectivity index (χ0n) is 16.5. The maximum atomic E-state index is 12.7. The first-order chi connectivity index (χ1) is 14.1. The molecule has 7 heteroatoms. The molecule has 0 saturated carbocycles. The smallest absolute Gasteiger partial charge is 0.265 e. The second kappa shape index (κ2) is 9.45. The van der Waals surface area contributed by atoms with Crippen LogP contribution in [0.25, 0.3) is 10.4 Å². The highest BCUT2D eigenvalue weighted by Gasteiger charge is 2.20. The predicted molar refractivity (Wildman–Crippen MR) is 113 cm³/mol. The molecule has 1 amide bonds. The average Bonchev–Trinajstić information content (AvgIpc) is 3.22. The van der Waals surface area contributed by atoms with E-state index in [1.54, 1.807) is 25.3 Å². The van der Waals surface area contributed by atoms with Gasteiger partial charge >= 0.3 is 0 Å². The molecule has 0 aliphatic rings. The van der Waals surface area contributed by atoms with Gasteiger partial charge in [-0.05, 0) is 29.8 Å². The Labute approximate surface area is 173 Å². The van der Waals surface area contributed by atoms with Crippen LogP contribution in [0, 0.1) is 0 Å². The minimum absolute atomic E-state index is 0.0179. The van der Waals surface area contributed by atoms with Crippen LogP contribution in [0.4, 0.5) is 0 Å². The normalized spacial score (nSPS) is 11.6. The van der Waals surface area contributed by atoms with Gasteiger partial charge in [-0.3, -0.25) is 4.79 Å². The molecule has 1 aromatic heterocycles. The van der Waals surface area contributed by atoms with Gasteiger partial charge in [0.05, 0.1) is 21.3 Å². The van der Waals surface area contributed by atoms with Gasteiger partial charge in [-0.1, -0.05) is 30.3 Å². The number of carbonyl (C=O) groups excluding carboxylic acids is 1. The molecular weight excluding hydrogens is 390 g/mol. The number of carbonyl (C=O) groups is 1. The number of aliphatic hydroxyl groups excluding tert-OH is 1. The number of amides is 1. The van der Waals surface area contributed by atoms with E-state index in [0.717, 1.165) is 10.4 Å². The number of hydrogen-bond donors (Lipinski definition) is 2. The number of methoxy groups -OCH3 is 3. The van der Waals surface area contributed by atoms with Gasteiger partial charge in [0.15, 0.2) is 0 Å². The molecule has 152 valence electrons. The van der Waals surface area contributed by atoms with Crippen molar-refractivity contribution < 1.29 is 24.1 Å². The van der Waals surface area contributed by atoms with E-state index in [4.69, 9.17) is 14.2 Å². The lowest BCUT2D eigenvalue weighted by atomic mass is 10.1. The van der Waals surface area contributed by atoms with Gasteiger partial charge in [-0.15, -0.1) is 11.3 Å². The van der Waals surface area contributed by atoms with Gasteiger partial charge in [0, 0.05) is 17.0 Å². The van der Waals surface area contributed by atoms with Crippen molar-refractivity contribution in [3.63, 3.8) is 0 Å². The monoisotopic (exact) mass is 413 g/mol. The highest BCUT2D eigenvalue weighted by Crippen LogP contribution is 2.36. The SMILES string of the molecule is COc1ccc(OC)c(C(O)CNC(=O)c2sc(-c3ccccc3)cc2OC)c1. The molecule has 3 rings (SSSR count). The van der Waals surface area contributed by atoms with Crippen LogP contribution in [0.1, 0.15) is 21.3 Å². The fraction of sp³-hybridized carbons (Fsp3) is 0.227. The fourth-order valence-corrected chi connectivity index (χ4v) is 3.96. The summed E-state index contributed by atoms with van der Waals surface area (Å²) in [6, 6.07) is 16.8. The zero-order valence-corrected chi connectivity index (χ0v) is 17.3. The molecule has 1 atom stereocenters. The maximum Gasteiger partial charge on any atom is 0.265 e. The summed E-state index contributed by atoms with van der Waals surface area (Å²) < 4.78 is 15.9. The predicted octanol–water partition coefficient (Wildman–Crippen LogP) is 3.90. The molecule has 0 radical (unpaired) electrons. The van der Waals surface area contributed by atoms with Gasteiger partial charge in [0.25, 0.3) is 5.91 Å². The summed E-state index contributed by atoms with van der Waals surface area (Å²) in [7, 11) is 4.61. The highest BCUT2D eigenvalue weighted by atomic mass is 32.1. The van der Waals surface area contributed by atoms with E-state index in [1.165, 1.54) is 25.6 Å². The van der Waals surface area contributed by atoms with Crippen LogP contribution >= 0.6 is 11.3 Å². The number of benzene rings is 2. The van der Waals surface area contributed by atoms with E-state index in [0.29, 0.717) is 27.7 Å². The lowest BCUT2D eigenvalue weighted by molar-refractivity contribution is 0.0916. The average molecular weight is 413 g/mol. The minimum Gasteiger partial charge on any atom is -0.497 e. The standard InChI is InChI=1S/C22H23NO5S/c1-26-15-9-10-18(27-2)16(11-15)17(24)13-23-22(25)21-19(28-3)12-20(29-21)14-7-5-4-6-8-14/h4-12,17,24H,13H2,1-3H3,(H,23,25). The van der Waals surface area contributed by atoms with E-state index in [1.807, 2.05) is 36.4 Å². The van der Waals surface area contributed by atoms with E-state index in [2.05, 4.69) is 5.32 Å². The quantitative estimate of drug-likeness (QED) is 0.586. The molecular formula is C22H23NO5S. The van der Waals surface area contributed by atoms with Crippen LogP contribution in [-0.2, 0) is 0 Å². The van der Waals surface area contributed by atoms with Crippen LogP contribution in [0.2, 0.25) is 0 Å². The number of ether oxygens (including phenoxy) is 3. The van der Waals surface area contributed by atoms with E-state index in [9.17, 15) is 9.90 Å². The summed E-state index contributed by atoms with van der Waals surface area (Å²) in [5.41, 5.74) is 1.55. The van der Waals surface area contributed by atoms with Crippen LogP contribution in [-0.4, -0.2) is 38.9 Å². The van der Waals surface area contributed by atoms with E-state index < -0.39 is 6.10 Å². The summed E-state index contributed by atoms with van der Waals surface area (Å²) in [5.74, 6) is 1.31. The van der Waals surface area contributed by atoms with Crippen molar-refractivity contribution in [1.29, 1.82) is 0 Å². The highest BCUT2D eigenvalue weighted by molar-refractivity contribution is 7.17. The number of thiophene rings is 1. The Hall–Kier alpha value is -3.03. The first kappa shape index (κ1) is 20.7. The Kier molecular flexibility index (Phi) is 6.74. The molecule has 2 N–H and O–H groups in total. The molecule has 6 nitrogen and oxygen atoms in total. The van der Waals surface area contributed by atoms with Gasteiger partial charge in [-0.25, -0.2) is 0 Å². The number of aliphatic hydroxyl groups is 1. The van der Waals surface area contributed by atoms with Crippen molar-refractivity contribution in [3.05, 3.63) is 65.0 Å². The third-order valence-corrected chi connectivity index (χ3v) is 5.60. The number of hydrogen-bond acceptors (Lipinski definition) is 6. The minimum atomic E-state index is -0.955. The topological polar surface area (TPSA) is 77.0 Å². The van der Waals surface area contributed by atoms with Crippen LogP contribution < -0.4 is 19.5 Å². The van der Waals surface area contributed by atoms with Gasteiger partial charge < -0.3 is 24.6 Å². The summed E-state index contributed by atoms with van der Waals surface area (Å²) in [5, 5.41) is 13.4. The second-order valence-electron chi connectivity index (χ2n) is 6.21. The molecule has 2 aromatic carbocycles. The Morgan fingerprint density at radius 3 is 2.38 bits per heavy atom. The number of nitrogens with one attached hydrogen (secondary N) is 1. The van der Waals surface area contributed by atoms with Crippen molar-refractivity contribution >= 4 is 17.2 Å².